The molecule has 0 radical (unpaired) electrons. The van der Waals surface area contributed by atoms with Crippen molar-refractivity contribution in [2.45, 2.75) is 44.0 Å². The Balaban J connectivity index is 2.08. The number of rotatable bonds is 6. The Morgan fingerprint density at radius 3 is 2.26 bits per heavy atom. The highest BCUT2D eigenvalue weighted by molar-refractivity contribution is 7.99. The standard InChI is InChI=1S/C22H23NO7S/c1-14(24)27-19-20(28-15(2)25)22(30-16(3)26,17-8-7-11-23-12-17)13-31-21(19)29-18-9-5-4-6-10-18/h4-12,19-21H,13H2,1-3H3/t19-,20-,21-,22+/m1/s1. The molecule has 1 aromatic carbocycles. The van der Waals surface area contributed by atoms with Gasteiger partial charge in [0.25, 0.3) is 0 Å². The molecule has 0 aliphatic carbocycles. The van der Waals surface area contributed by atoms with Crippen LogP contribution in [0.1, 0.15) is 26.3 Å². The molecule has 0 spiro atoms. The van der Waals surface area contributed by atoms with E-state index in [1.165, 1.54) is 38.7 Å². The molecule has 2 aromatic rings. The van der Waals surface area contributed by atoms with Gasteiger partial charge in [-0.2, -0.15) is 0 Å². The predicted octanol–water partition coefficient (Wildman–Crippen LogP) is 2.86. The van der Waals surface area contributed by atoms with Crippen LogP contribution in [0.3, 0.4) is 0 Å². The maximum absolute atomic E-state index is 12.1. The molecule has 0 N–H and O–H groups in total. The van der Waals surface area contributed by atoms with Crippen molar-refractivity contribution in [2.75, 3.05) is 5.75 Å². The van der Waals surface area contributed by atoms with E-state index in [4.69, 9.17) is 18.9 Å². The topological polar surface area (TPSA) is 101 Å². The molecule has 1 aliphatic rings. The summed E-state index contributed by atoms with van der Waals surface area (Å²) >= 11 is 1.29. The second-order valence-corrected chi connectivity index (χ2v) is 8.03. The lowest BCUT2D eigenvalue weighted by Gasteiger charge is -2.47. The zero-order valence-corrected chi connectivity index (χ0v) is 18.2. The van der Waals surface area contributed by atoms with Crippen LogP contribution in [0.4, 0.5) is 0 Å². The summed E-state index contributed by atoms with van der Waals surface area (Å²) in [5.41, 5.74) is -1.62. The van der Waals surface area contributed by atoms with E-state index in [1.807, 2.05) is 18.2 Å². The minimum Gasteiger partial charge on any atom is -0.476 e. The molecule has 1 aliphatic heterocycles. The van der Waals surface area contributed by atoms with E-state index in [0.29, 0.717) is 11.3 Å². The largest absolute Gasteiger partial charge is 0.476 e. The van der Waals surface area contributed by atoms with Crippen LogP contribution >= 0.6 is 11.8 Å². The van der Waals surface area contributed by atoms with Crippen molar-refractivity contribution in [3.05, 3.63) is 60.4 Å². The lowest BCUT2D eigenvalue weighted by molar-refractivity contribution is -0.208. The van der Waals surface area contributed by atoms with Gasteiger partial charge >= 0.3 is 17.9 Å². The Hall–Kier alpha value is -3.07. The van der Waals surface area contributed by atoms with Crippen LogP contribution in [0.2, 0.25) is 0 Å². The van der Waals surface area contributed by atoms with Crippen LogP contribution < -0.4 is 4.74 Å². The number of carbonyl (C=O) groups is 3. The average molecular weight is 445 g/mol. The van der Waals surface area contributed by atoms with Gasteiger partial charge in [0.1, 0.15) is 5.75 Å². The van der Waals surface area contributed by atoms with Gasteiger partial charge in [0.05, 0.1) is 0 Å². The van der Waals surface area contributed by atoms with Crippen LogP contribution in [0, 0.1) is 0 Å². The van der Waals surface area contributed by atoms with Gasteiger partial charge in [-0.15, -0.1) is 11.8 Å². The van der Waals surface area contributed by atoms with E-state index >= 15 is 0 Å². The lowest BCUT2D eigenvalue weighted by Crippen LogP contribution is -2.61. The van der Waals surface area contributed by atoms with Crippen molar-refractivity contribution in [1.82, 2.24) is 4.98 Å². The third-order valence-corrected chi connectivity index (χ3v) is 5.84. The first-order valence-electron chi connectivity index (χ1n) is 9.59. The highest BCUT2D eigenvalue weighted by Gasteiger charge is 2.58. The van der Waals surface area contributed by atoms with Gasteiger partial charge in [-0.05, 0) is 18.2 Å². The number of nitrogens with zero attached hydrogens (tertiary/aromatic N) is 1. The Kier molecular flexibility index (Phi) is 7.17. The first kappa shape index (κ1) is 22.6. The van der Waals surface area contributed by atoms with E-state index in [0.717, 1.165) is 0 Å². The third kappa shape index (κ3) is 5.35. The zero-order chi connectivity index (χ0) is 22.4. The maximum atomic E-state index is 12.1. The Bertz CT molecular complexity index is 924. The molecule has 1 fully saturated rings. The number of ether oxygens (including phenoxy) is 4. The number of para-hydroxylation sites is 1. The van der Waals surface area contributed by atoms with Gasteiger partial charge in [0.2, 0.25) is 0 Å². The van der Waals surface area contributed by atoms with Gasteiger partial charge < -0.3 is 18.9 Å². The van der Waals surface area contributed by atoms with E-state index in [-0.39, 0.29) is 5.75 Å². The summed E-state index contributed by atoms with van der Waals surface area (Å²) in [5.74, 6) is -1.04. The molecule has 0 amide bonds. The fourth-order valence-corrected chi connectivity index (χ4v) is 4.81. The normalized spacial score (nSPS) is 25.2. The molecule has 0 saturated carbocycles. The minimum absolute atomic E-state index is 0.186. The lowest BCUT2D eigenvalue weighted by atomic mass is 9.86. The Morgan fingerprint density at radius 1 is 0.968 bits per heavy atom. The second-order valence-electron chi connectivity index (χ2n) is 6.94. The van der Waals surface area contributed by atoms with Gasteiger partial charge in [-0.1, -0.05) is 24.3 Å². The van der Waals surface area contributed by atoms with Crippen molar-refractivity contribution in [3.63, 3.8) is 0 Å². The number of carbonyl (C=O) groups excluding carboxylic acids is 3. The fourth-order valence-electron chi connectivity index (χ4n) is 3.44. The molecule has 8 nitrogen and oxygen atoms in total. The van der Waals surface area contributed by atoms with Gasteiger partial charge in [-0.3, -0.25) is 19.4 Å². The van der Waals surface area contributed by atoms with Crippen molar-refractivity contribution in [3.8, 4) is 5.75 Å². The van der Waals surface area contributed by atoms with E-state index in [1.54, 1.807) is 30.5 Å². The number of benzene rings is 1. The summed E-state index contributed by atoms with van der Waals surface area (Å²) in [4.78, 5) is 40.2. The fraction of sp³-hybridized carbons (Fsp3) is 0.364. The molecule has 0 bridgehead atoms. The second kappa shape index (κ2) is 9.82. The minimum atomic E-state index is -1.42. The molecule has 164 valence electrons. The molecule has 4 atom stereocenters. The summed E-state index contributed by atoms with van der Waals surface area (Å²) in [6, 6.07) is 12.4. The number of hydrogen-bond donors (Lipinski definition) is 0. The number of esters is 3. The SMILES string of the molecule is CC(=O)O[C@H]1[C@H](Oc2ccccc2)SC[C@](OC(C)=O)(c2cccnc2)[C@@H]1OC(C)=O. The molecule has 1 saturated heterocycles. The predicted molar refractivity (Wildman–Crippen MR) is 112 cm³/mol. The average Bonchev–Trinajstić information content (AvgIpc) is 2.73. The van der Waals surface area contributed by atoms with Crippen LogP contribution in [0.15, 0.2) is 54.9 Å². The van der Waals surface area contributed by atoms with Gasteiger partial charge in [-0.25, -0.2) is 0 Å². The van der Waals surface area contributed by atoms with Gasteiger partial charge in [0.15, 0.2) is 23.2 Å². The van der Waals surface area contributed by atoms with Crippen LogP contribution in [0.5, 0.6) is 5.75 Å². The summed E-state index contributed by atoms with van der Waals surface area (Å²) in [6.07, 6.45) is 0.896. The third-order valence-electron chi connectivity index (χ3n) is 4.55. The van der Waals surface area contributed by atoms with E-state index in [9.17, 15) is 14.4 Å². The monoisotopic (exact) mass is 445 g/mol. The van der Waals surface area contributed by atoms with Crippen molar-refractivity contribution >= 4 is 29.7 Å². The Morgan fingerprint density at radius 2 is 1.68 bits per heavy atom. The van der Waals surface area contributed by atoms with Crippen LogP contribution in [-0.4, -0.2) is 46.3 Å². The number of hydrogen-bond acceptors (Lipinski definition) is 9. The highest BCUT2D eigenvalue weighted by atomic mass is 32.2. The highest BCUT2D eigenvalue weighted by Crippen LogP contribution is 2.45. The number of thioether (sulfide) groups is 1. The summed E-state index contributed by atoms with van der Waals surface area (Å²) in [6.45, 7) is 3.75. The molecule has 0 unspecified atom stereocenters. The Labute approximate surface area is 184 Å². The van der Waals surface area contributed by atoms with Gasteiger partial charge in [0, 0.05) is 44.5 Å². The van der Waals surface area contributed by atoms with E-state index in [2.05, 4.69) is 4.98 Å². The number of aromatic nitrogens is 1. The summed E-state index contributed by atoms with van der Waals surface area (Å²) in [7, 11) is 0. The quantitative estimate of drug-likeness (QED) is 0.491. The molecule has 31 heavy (non-hydrogen) atoms. The summed E-state index contributed by atoms with van der Waals surface area (Å²) < 4.78 is 23.0. The van der Waals surface area contributed by atoms with Crippen molar-refractivity contribution in [1.29, 1.82) is 0 Å². The molecule has 2 heterocycles. The maximum Gasteiger partial charge on any atom is 0.303 e. The molecule has 1 aromatic heterocycles. The van der Waals surface area contributed by atoms with E-state index < -0.39 is 41.2 Å². The molecular formula is C22H23NO7S. The van der Waals surface area contributed by atoms with Crippen LogP contribution in [-0.2, 0) is 34.2 Å². The first-order chi connectivity index (χ1) is 14.8. The first-order valence-corrected chi connectivity index (χ1v) is 10.6. The van der Waals surface area contributed by atoms with Crippen molar-refractivity contribution in [2.24, 2.45) is 0 Å². The molecule has 3 rings (SSSR count). The smallest absolute Gasteiger partial charge is 0.303 e. The molecular weight excluding hydrogens is 422 g/mol. The molecule has 9 heteroatoms. The summed E-state index contributed by atoms with van der Waals surface area (Å²) in [5, 5.41) is 0. The number of pyridine rings is 1. The van der Waals surface area contributed by atoms with Crippen LogP contribution in [0.25, 0.3) is 0 Å². The zero-order valence-electron chi connectivity index (χ0n) is 17.3. The van der Waals surface area contributed by atoms with Crippen molar-refractivity contribution < 1.29 is 33.3 Å².